The van der Waals surface area contributed by atoms with Gasteiger partial charge in [0.2, 0.25) is 0 Å². The Morgan fingerprint density at radius 3 is 2.45 bits per heavy atom. The molecule has 0 amide bonds. The van der Waals surface area contributed by atoms with Crippen molar-refractivity contribution < 1.29 is 4.74 Å². The van der Waals surface area contributed by atoms with E-state index in [1.165, 1.54) is 6.04 Å². The van der Waals surface area contributed by atoms with E-state index in [1.807, 2.05) is 0 Å². The number of thiol groups is 1. The Balaban J connectivity index is 3.51. The summed E-state index contributed by atoms with van der Waals surface area (Å²) >= 11 is 4.26. The van der Waals surface area contributed by atoms with Gasteiger partial charge in [-0.2, -0.15) is 12.6 Å². The molecule has 0 spiro atoms. The molecule has 0 aliphatic rings. The van der Waals surface area contributed by atoms with Gasteiger partial charge in [-0.3, -0.25) is 0 Å². The third kappa shape index (κ3) is 5.76. The Kier molecular flexibility index (Phi) is 7.54. The average Bonchev–Trinajstić information content (AvgIpc) is 1.97. The van der Waals surface area contributed by atoms with Gasteiger partial charge in [0.1, 0.15) is 0 Å². The summed E-state index contributed by atoms with van der Waals surface area (Å²) in [5.41, 5.74) is 0.855. The average molecular weight is 192 g/mol. The van der Waals surface area contributed by atoms with E-state index in [0.29, 0.717) is 0 Å². The lowest BCUT2D eigenvalue weighted by molar-refractivity contribution is 0.189. The van der Waals surface area contributed by atoms with Crippen LogP contribution >= 0.6 is 12.6 Å². The van der Waals surface area contributed by atoms with Gasteiger partial charge in [0.25, 0.3) is 0 Å². The van der Waals surface area contributed by atoms with Crippen LogP contribution in [0.2, 0.25) is 11.6 Å². The molecule has 0 N–H and O–H groups in total. The Morgan fingerprint density at radius 2 is 2.09 bits per heavy atom. The maximum atomic E-state index is 5.44. The molecule has 0 saturated heterocycles. The van der Waals surface area contributed by atoms with Crippen LogP contribution in [0.5, 0.6) is 0 Å². The second-order valence-electron chi connectivity index (χ2n) is 3.18. The van der Waals surface area contributed by atoms with Gasteiger partial charge in [-0.15, -0.1) is 0 Å². The molecule has 1 unspecified atom stereocenters. The van der Waals surface area contributed by atoms with Crippen LogP contribution in [0.15, 0.2) is 0 Å². The first-order valence-corrected chi connectivity index (χ1v) is 7.34. The van der Waals surface area contributed by atoms with Gasteiger partial charge < -0.3 is 4.74 Å². The van der Waals surface area contributed by atoms with Crippen LogP contribution in [0.1, 0.15) is 20.8 Å². The van der Waals surface area contributed by atoms with Crippen LogP contribution in [0, 0.1) is 0 Å². The van der Waals surface area contributed by atoms with Crippen LogP contribution in [0.4, 0.5) is 0 Å². The van der Waals surface area contributed by atoms with Crippen molar-refractivity contribution >= 4 is 21.4 Å². The lowest BCUT2D eigenvalue weighted by Crippen LogP contribution is -2.24. The quantitative estimate of drug-likeness (QED) is 0.501. The number of rotatable bonds is 6. The maximum absolute atomic E-state index is 5.44. The molecule has 0 aliphatic heterocycles. The fourth-order valence-electron chi connectivity index (χ4n) is 1.04. The highest BCUT2D eigenvalue weighted by Gasteiger charge is 2.13. The zero-order valence-electron chi connectivity index (χ0n) is 7.84. The minimum absolute atomic E-state index is 0.623. The lowest BCUT2D eigenvalue weighted by Gasteiger charge is -2.17. The molecule has 0 fully saturated rings. The zero-order chi connectivity index (χ0) is 8.69. The van der Waals surface area contributed by atoms with Gasteiger partial charge in [0, 0.05) is 12.8 Å². The first-order valence-electron chi connectivity index (χ1n) is 4.41. The second kappa shape index (κ2) is 7.19. The number of hydrogen-bond acceptors (Lipinski definition) is 2. The molecule has 0 aliphatic carbocycles. The molecule has 0 aromatic carbocycles. The summed E-state index contributed by atoms with van der Waals surface area (Å²) in [5, 5.41) is 0. The van der Waals surface area contributed by atoms with E-state index in [9.17, 15) is 0 Å². The van der Waals surface area contributed by atoms with Crippen LogP contribution in [0.25, 0.3) is 0 Å². The third-order valence-corrected chi connectivity index (χ3v) is 6.30. The predicted molar refractivity (Wildman–Crippen MR) is 57.4 cm³/mol. The molecule has 0 radical (unpaired) electrons. The highest BCUT2D eigenvalue weighted by atomic mass is 32.1. The fourth-order valence-corrected chi connectivity index (χ4v) is 4.13. The smallest absolute Gasteiger partial charge is 0.0710 e. The summed E-state index contributed by atoms with van der Waals surface area (Å²) in [6, 6.07) is 1.31. The minimum atomic E-state index is -0.623. The molecular formula is C8H20OSSi. The second-order valence-corrected chi connectivity index (χ2v) is 7.39. The summed E-state index contributed by atoms with van der Waals surface area (Å²) in [4.78, 5) is 0. The summed E-state index contributed by atoms with van der Waals surface area (Å²) in [7, 11) is -0.623. The Labute approximate surface area is 77.5 Å². The van der Waals surface area contributed by atoms with E-state index in [2.05, 4.69) is 33.4 Å². The largest absolute Gasteiger partial charge is 0.385 e. The molecule has 0 heterocycles. The zero-order valence-corrected chi connectivity index (χ0v) is 9.89. The number of hydrogen-bond donors (Lipinski definition) is 1. The lowest BCUT2D eigenvalue weighted by atomic mass is 10.6. The van der Waals surface area contributed by atoms with Crippen LogP contribution < -0.4 is 0 Å². The third-order valence-electron chi connectivity index (χ3n) is 1.98. The minimum Gasteiger partial charge on any atom is -0.385 e. The van der Waals surface area contributed by atoms with Gasteiger partial charge in [0.05, 0.1) is 8.80 Å². The van der Waals surface area contributed by atoms with Crippen LogP contribution in [-0.2, 0) is 4.74 Å². The van der Waals surface area contributed by atoms with Gasteiger partial charge in [-0.05, 0) is 18.7 Å². The molecule has 1 atom stereocenters. The van der Waals surface area contributed by atoms with Gasteiger partial charge in [0.15, 0.2) is 0 Å². The molecule has 3 heteroatoms. The summed E-state index contributed by atoms with van der Waals surface area (Å²) in [6.07, 6.45) is 1.04. The van der Waals surface area contributed by atoms with Gasteiger partial charge in [-0.25, -0.2) is 0 Å². The van der Waals surface area contributed by atoms with E-state index in [-0.39, 0.29) is 0 Å². The van der Waals surface area contributed by atoms with Crippen molar-refractivity contribution in [3.05, 3.63) is 0 Å². The van der Waals surface area contributed by atoms with E-state index < -0.39 is 8.80 Å². The normalized spacial score (nSPS) is 13.9. The molecule has 68 valence electrons. The highest BCUT2D eigenvalue weighted by molar-refractivity contribution is 7.80. The van der Waals surface area contributed by atoms with Crippen molar-refractivity contribution in [2.24, 2.45) is 0 Å². The summed E-state index contributed by atoms with van der Waals surface area (Å²) < 4.78 is 5.44. The van der Waals surface area contributed by atoms with Crippen LogP contribution in [-0.4, -0.2) is 27.4 Å². The first-order chi connectivity index (χ1) is 5.22. The van der Waals surface area contributed by atoms with Crippen molar-refractivity contribution in [3.63, 3.8) is 0 Å². The number of ether oxygens (including phenoxy) is 1. The predicted octanol–water partition coefficient (Wildman–Crippen LogP) is 2.13. The standard InChI is InChI=1S/C8H20OSSi/c1-4-9-7-11(6-5-10)8(2)3/h8,10-11H,4-7H2,1-3H3. The fraction of sp³-hybridized carbons (Fsp3) is 1.00. The van der Waals surface area contributed by atoms with E-state index in [1.54, 1.807) is 0 Å². The molecule has 0 aromatic heterocycles. The first kappa shape index (κ1) is 11.5. The molecule has 0 saturated carbocycles. The van der Waals surface area contributed by atoms with Crippen molar-refractivity contribution in [2.75, 3.05) is 18.6 Å². The van der Waals surface area contributed by atoms with E-state index >= 15 is 0 Å². The molecule has 11 heavy (non-hydrogen) atoms. The summed E-state index contributed by atoms with van der Waals surface area (Å²) in [5.74, 6) is 1.03. The molecule has 1 nitrogen and oxygen atoms in total. The van der Waals surface area contributed by atoms with Crippen molar-refractivity contribution in [3.8, 4) is 0 Å². The van der Waals surface area contributed by atoms with E-state index in [0.717, 1.165) is 24.1 Å². The Bertz CT molecular complexity index is 88.2. The van der Waals surface area contributed by atoms with Gasteiger partial charge >= 0.3 is 0 Å². The summed E-state index contributed by atoms with van der Waals surface area (Å²) in [6.45, 7) is 7.54. The molecule has 0 bridgehead atoms. The van der Waals surface area contributed by atoms with Crippen molar-refractivity contribution in [2.45, 2.75) is 32.4 Å². The van der Waals surface area contributed by atoms with Crippen LogP contribution in [0.3, 0.4) is 0 Å². The van der Waals surface area contributed by atoms with Crippen molar-refractivity contribution in [1.29, 1.82) is 0 Å². The van der Waals surface area contributed by atoms with E-state index in [4.69, 9.17) is 4.74 Å². The monoisotopic (exact) mass is 192 g/mol. The SMILES string of the molecule is CCOC[SiH](CCS)C(C)C. The molecule has 0 aromatic rings. The maximum Gasteiger partial charge on any atom is 0.0710 e. The Hall–Kier alpha value is 0.527. The molecular weight excluding hydrogens is 172 g/mol. The van der Waals surface area contributed by atoms with Crippen molar-refractivity contribution in [1.82, 2.24) is 0 Å². The van der Waals surface area contributed by atoms with Gasteiger partial charge in [-0.1, -0.05) is 19.4 Å². The molecule has 0 rings (SSSR count). The highest BCUT2D eigenvalue weighted by Crippen LogP contribution is 2.12. The Morgan fingerprint density at radius 1 is 1.45 bits per heavy atom. The topological polar surface area (TPSA) is 9.23 Å².